The summed E-state index contributed by atoms with van der Waals surface area (Å²) < 4.78 is 12.9. The van der Waals surface area contributed by atoms with E-state index in [1.54, 1.807) is 0 Å². The van der Waals surface area contributed by atoms with Crippen molar-refractivity contribution < 1.29 is 5.82 Å². The lowest BCUT2D eigenvalue weighted by atomic mass is 10.1. The largest absolute Gasteiger partial charge is 0.311 e. The van der Waals surface area contributed by atoms with Crippen molar-refractivity contribution in [2.24, 2.45) is 0 Å². The molecule has 2 nitrogen and oxygen atoms in total. The monoisotopic (exact) mass is 274 g/mol. The minimum Gasteiger partial charge on any atom is -0.311 e. The summed E-state index contributed by atoms with van der Waals surface area (Å²) in [6.45, 7) is 13.7. The first-order valence-electron chi connectivity index (χ1n) is 7.79. The topological polar surface area (TPSA) is 15.3 Å². The summed E-state index contributed by atoms with van der Waals surface area (Å²) in [5.41, 5.74) is 0. The third-order valence-corrected chi connectivity index (χ3v) is 2.98. The van der Waals surface area contributed by atoms with Gasteiger partial charge in [-0.1, -0.05) is 34.6 Å². The SMILES string of the molecule is C#CCCN(CC)CCC1CC(F)CN1.CC.CC.[HH]. The van der Waals surface area contributed by atoms with Gasteiger partial charge in [0.1, 0.15) is 6.17 Å². The maximum atomic E-state index is 12.9. The number of nitrogens with one attached hydrogen (secondary N) is 1. The second-order valence-corrected chi connectivity index (χ2v) is 4.12. The average Bonchev–Trinajstić information content (AvgIpc) is 2.89. The van der Waals surface area contributed by atoms with Crippen LogP contribution in [0.5, 0.6) is 0 Å². The predicted molar refractivity (Wildman–Crippen MR) is 86.3 cm³/mol. The Morgan fingerprint density at radius 3 is 2.37 bits per heavy atom. The Morgan fingerprint density at radius 1 is 1.32 bits per heavy atom. The Kier molecular flexibility index (Phi) is 16.9. The molecule has 1 fully saturated rings. The number of nitrogens with zero attached hydrogens (tertiary/aromatic N) is 1. The summed E-state index contributed by atoms with van der Waals surface area (Å²) >= 11 is 0. The molecule has 2 atom stereocenters. The fraction of sp³-hybridized carbons (Fsp3) is 0.875. The molecule has 0 saturated carbocycles. The van der Waals surface area contributed by atoms with Crippen LogP contribution in [0.1, 0.15) is 55.3 Å². The zero-order chi connectivity index (χ0) is 15.1. The maximum absolute atomic E-state index is 12.9. The molecule has 0 aromatic carbocycles. The van der Waals surface area contributed by atoms with Crippen molar-refractivity contribution >= 4 is 0 Å². The van der Waals surface area contributed by atoms with Crippen LogP contribution in [0.15, 0.2) is 0 Å². The van der Waals surface area contributed by atoms with E-state index in [-0.39, 0.29) is 1.43 Å². The van der Waals surface area contributed by atoms with Crippen LogP contribution < -0.4 is 5.32 Å². The van der Waals surface area contributed by atoms with Crippen molar-refractivity contribution in [3.63, 3.8) is 0 Å². The highest BCUT2D eigenvalue weighted by molar-refractivity contribution is 4.85. The summed E-state index contributed by atoms with van der Waals surface area (Å²) in [5.74, 6) is 2.65. The van der Waals surface area contributed by atoms with E-state index in [4.69, 9.17) is 6.42 Å². The zero-order valence-corrected chi connectivity index (χ0v) is 13.5. The molecule has 0 bridgehead atoms. The van der Waals surface area contributed by atoms with Gasteiger partial charge in [-0.3, -0.25) is 0 Å². The average molecular weight is 274 g/mol. The van der Waals surface area contributed by atoms with E-state index in [9.17, 15) is 4.39 Å². The number of hydrogen-bond acceptors (Lipinski definition) is 2. The molecule has 2 unspecified atom stereocenters. The number of rotatable bonds is 6. The lowest BCUT2D eigenvalue weighted by Gasteiger charge is -2.21. The first kappa shape index (κ1) is 20.7. The van der Waals surface area contributed by atoms with Crippen LogP contribution in [-0.2, 0) is 0 Å². The molecule has 1 heterocycles. The number of terminal acetylenes is 1. The van der Waals surface area contributed by atoms with Gasteiger partial charge < -0.3 is 10.2 Å². The Bertz CT molecular complexity index is 219. The van der Waals surface area contributed by atoms with Crippen LogP contribution in [0, 0.1) is 12.3 Å². The number of halogens is 1. The van der Waals surface area contributed by atoms with Crippen molar-refractivity contribution in [1.82, 2.24) is 10.2 Å². The van der Waals surface area contributed by atoms with Gasteiger partial charge in [-0.05, 0) is 25.9 Å². The van der Waals surface area contributed by atoms with E-state index in [0.29, 0.717) is 19.0 Å². The second-order valence-electron chi connectivity index (χ2n) is 4.12. The molecule has 19 heavy (non-hydrogen) atoms. The minimum atomic E-state index is -0.643. The van der Waals surface area contributed by atoms with Crippen LogP contribution in [-0.4, -0.2) is 43.3 Å². The second kappa shape index (κ2) is 15.5. The maximum Gasteiger partial charge on any atom is 0.114 e. The molecule has 0 radical (unpaired) electrons. The van der Waals surface area contributed by atoms with E-state index < -0.39 is 6.17 Å². The summed E-state index contributed by atoms with van der Waals surface area (Å²) in [7, 11) is 0. The van der Waals surface area contributed by atoms with E-state index in [1.165, 1.54) is 0 Å². The highest BCUT2D eigenvalue weighted by atomic mass is 19.1. The Labute approximate surface area is 121 Å². The lowest BCUT2D eigenvalue weighted by Crippen LogP contribution is -2.31. The summed E-state index contributed by atoms with van der Waals surface area (Å²) in [5, 5.41) is 3.20. The van der Waals surface area contributed by atoms with E-state index >= 15 is 0 Å². The minimum absolute atomic E-state index is 0. The lowest BCUT2D eigenvalue weighted by molar-refractivity contribution is 0.275. The smallest absolute Gasteiger partial charge is 0.114 e. The molecule has 1 N–H and O–H groups in total. The molecule has 1 aliphatic heterocycles. The quantitative estimate of drug-likeness (QED) is 0.743. The van der Waals surface area contributed by atoms with Gasteiger partial charge in [0.15, 0.2) is 0 Å². The molecule has 1 rings (SSSR count). The number of alkyl halides is 1. The molecule has 3 heteroatoms. The Morgan fingerprint density at radius 2 is 1.95 bits per heavy atom. The molecular weight excluding hydrogens is 239 g/mol. The third-order valence-electron chi connectivity index (χ3n) is 2.98. The standard InChI is InChI=1S/C12H21FN2.2C2H6.H2/c1-3-5-7-15(4-2)8-6-12-9-11(13)10-14-12;2*1-2;/h1,11-12,14H,4-10H2,2H3;2*1-2H3;1H. The van der Waals surface area contributed by atoms with E-state index in [1.807, 2.05) is 27.7 Å². The molecule has 0 aromatic heterocycles. The Balaban J connectivity index is -0.000000529. The van der Waals surface area contributed by atoms with Gasteiger partial charge in [0.05, 0.1) is 0 Å². The zero-order valence-electron chi connectivity index (χ0n) is 13.5. The van der Waals surface area contributed by atoms with E-state index in [0.717, 1.165) is 32.5 Å². The molecule has 0 amide bonds. The molecule has 0 spiro atoms. The predicted octanol–water partition coefficient (Wildman–Crippen LogP) is 3.72. The van der Waals surface area contributed by atoms with Crippen molar-refractivity contribution in [2.45, 2.75) is 66.1 Å². The first-order chi connectivity index (χ1) is 9.26. The van der Waals surface area contributed by atoms with Crippen molar-refractivity contribution in [3.05, 3.63) is 0 Å². The van der Waals surface area contributed by atoms with Crippen LogP contribution in [0.4, 0.5) is 4.39 Å². The molecular formula is C16H35FN2. The van der Waals surface area contributed by atoms with Crippen molar-refractivity contribution in [3.8, 4) is 12.3 Å². The van der Waals surface area contributed by atoms with Crippen LogP contribution in [0.3, 0.4) is 0 Å². The van der Waals surface area contributed by atoms with Crippen molar-refractivity contribution in [1.29, 1.82) is 0 Å². The molecule has 1 saturated heterocycles. The molecule has 1 aliphatic rings. The first-order valence-corrected chi connectivity index (χ1v) is 7.79. The molecule has 116 valence electrons. The number of hydrogen-bond donors (Lipinski definition) is 1. The van der Waals surface area contributed by atoms with Crippen LogP contribution >= 0.6 is 0 Å². The fourth-order valence-electron chi connectivity index (χ4n) is 1.98. The van der Waals surface area contributed by atoms with Gasteiger partial charge in [0, 0.05) is 27.0 Å². The van der Waals surface area contributed by atoms with Gasteiger partial charge >= 0.3 is 0 Å². The fourth-order valence-corrected chi connectivity index (χ4v) is 1.98. The van der Waals surface area contributed by atoms with Crippen LogP contribution in [0.25, 0.3) is 0 Å². The molecule has 0 aromatic rings. The van der Waals surface area contributed by atoms with Crippen molar-refractivity contribution in [2.75, 3.05) is 26.2 Å². The summed E-state index contributed by atoms with van der Waals surface area (Å²) in [6, 6.07) is 0.361. The normalized spacial score (nSPS) is 20.9. The van der Waals surface area contributed by atoms with E-state index in [2.05, 4.69) is 23.1 Å². The summed E-state index contributed by atoms with van der Waals surface area (Å²) in [4.78, 5) is 2.33. The highest BCUT2D eigenvalue weighted by Gasteiger charge is 2.23. The molecule has 0 aliphatic carbocycles. The van der Waals surface area contributed by atoms with Gasteiger partial charge in [-0.25, -0.2) is 4.39 Å². The summed E-state index contributed by atoms with van der Waals surface area (Å²) in [6.07, 6.45) is 7.09. The van der Waals surface area contributed by atoms with Gasteiger partial charge in [-0.2, -0.15) is 0 Å². The van der Waals surface area contributed by atoms with Gasteiger partial charge in [-0.15, -0.1) is 12.3 Å². The van der Waals surface area contributed by atoms with Gasteiger partial charge in [0.25, 0.3) is 0 Å². The van der Waals surface area contributed by atoms with Crippen LogP contribution in [0.2, 0.25) is 0 Å². The Hall–Kier alpha value is -0.590. The third kappa shape index (κ3) is 11.0. The highest BCUT2D eigenvalue weighted by Crippen LogP contribution is 2.13. The van der Waals surface area contributed by atoms with Gasteiger partial charge in [0.2, 0.25) is 0 Å².